The van der Waals surface area contributed by atoms with Gasteiger partial charge < -0.3 is 4.90 Å². The van der Waals surface area contributed by atoms with Crippen molar-refractivity contribution in [2.45, 2.75) is 0 Å². The van der Waals surface area contributed by atoms with Crippen molar-refractivity contribution in [3.8, 4) is 0 Å². The molecular formula is C9H10ClF2N. The molecule has 0 heterocycles. The molecule has 0 fully saturated rings. The fourth-order valence-corrected chi connectivity index (χ4v) is 1.23. The smallest absolute Gasteiger partial charge is 0.160 e. The van der Waals surface area contributed by atoms with Gasteiger partial charge in [-0.3, -0.25) is 0 Å². The van der Waals surface area contributed by atoms with E-state index in [2.05, 4.69) is 0 Å². The van der Waals surface area contributed by atoms with E-state index in [0.29, 0.717) is 18.1 Å². The summed E-state index contributed by atoms with van der Waals surface area (Å²) in [6, 6.07) is 3.78. The topological polar surface area (TPSA) is 3.24 Å². The number of hydrogen-bond donors (Lipinski definition) is 0. The van der Waals surface area contributed by atoms with Crippen LogP contribution in [0, 0.1) is 11.6 Å². The van der Waals surface area contributed by atoms with Gasteiger partial charge in [0.15, 0.2) is 11.6 Å². The third-order valence-electron chi connectivity index (χ3n) is 1.76. The van der Waals surface area contributed by atoms with Gasteiger partial charge in [0.2, 0.25) is 0 Å². The van der Waals surface area contributed by atoms with E-state index in [1.807, 2.05) is 0 Å². The Morgan fingerprint density at radius 2 is 2.00 bits per heavy atom. The van der Waals surface area contributed by atoms with E-state index in [1.54, 1.807) is 11.9 Å². The standard InChI is InChI=1S/C9H10ClF2N/c1-13(5-4-10)7-2-3-8(11)9(12)6-7/h2-3,6H,4-5H2,1H3. The first-order valence-electron chi connectivity index (χ1n) is 3.87. The van der Waals surface area contributed by atoms with Crippen LogP contribution < -0.4 is 4.90 Å². The third-order valence-corrected chi connectivity index (χ3v) is 1.93. The largest absolute Gasteiger partial charge is 0.373 e. The van der Waals surface area contributed by atoms with Crippen LogP contribution in [0.2, 0.25) is 0 Å². The summed E-state index contributed by atoms with van der Waals surface area (Å²) in [5.74, 6) is -1.21. The highest BCUT2D eigenvalue weighted by molar-refractivity contribution is 6.18. The lowest BCUT2D eigenvalue weighted by Gasteiger charge is -2.17. The quantitative estimate of drug-likeness (QED) is 0.686. The van der Waals surface area contributed by atoms with Gasteiger partial charge >= 0.3 is 0 Å². The van der Waals surface area contributed by atoms with Gasteiger partial charge in [0.05, 0.1) is 0 Å². The van der Waals surface area contributed by atoms with Crippen LogP contribution in [0.4, 0.5) is 14.5 Å². The van der Waals surface area contributed by atoms with Crippen molar-refractivity contribution in [2.75, 3.05) is 24.4 Å². The molecule has 72 valence electrons. The molecule has 1 rings (SSSR count). The van der Waals surface area contributed by atoms with Gasteiger partial charge in [-0.25, -0.2) is 8.78 Å². The van der Waals surface area contributed by atoms with Crippen LogP contribution in [0.1, 0.15) is 0 Å². The molecule has 1 aromatic rings. The zero-order chi connectivity index (χ0) is 9.84. The van der Waals surface area contributed by atoms with E-state index in [1.165, 1.54) is 6.07 Å². The van der Waals surface area contributed by atoms with E-state index in [-0.39, 0.29) is 0 Å². The lowest BCUT2D eigenvalue weighted by molar-refractivity contribution is 0.508. The number of benzene rings is 1. The van der Waals surface area contributed by atoms with Gasteiger partial charge in [-0.05, 0) is 12.1 Å². The average Bonchev–Trinajstić information content (AvgIpc) is 2.10. The van der Waals surface area contributed by atoms with Crippen LogP contribution in [0.15, 0.2) is 18.2 Å². The summed E-state index contributed by atoms with van der Waals surface area (Å²) in [6.07, 6.45) is 0. The first kappa shape index (κ1) is 10.3. The molecular weight excluding hydrogens is 196 g/mol. The number of alkyl halides is 1. The Bertz CT molecular complexity index is 291. The Kier molecular flexibility index (Phi) is 3.48. The summed E-state index contributed by atoms with van der Waals surface area (Å²) in [6.45, 7) is 0.604. The maximum atomic E-state index is 12.7. The normalized spacial score (nSPS) is 10.2. The van der Waals surface area contributed by atoms with Crippen LogP contribution in [0.3, 0.4) is 0 Å². The Balaban J connectivity index is 2.84. The first-order chi connectivity index (χ1) is 6.15. The van der Waals surface area contributed by atoms with Gasteiger partial charge in [-0.1, -0.05) is 0 Å². The van der Waals surface area contributed by atoms with Crippen molar-refractivity contribution in [1.29, 1.82) is 0 Å². The summed E-state index contributed by atoms with van der Waals surface area (Å²) in [4.78, 5) is 1.76. The second-order valence-corrected chi connectivity index (χ2v) is 3.09. The molecule has 13 heavy (non-hydrogen) atoms. The van der Waals surface area contributed by atoms with Crippen molar-refractivity contribution in [3.05, 3.63) is 29.8 Å². The molecule has 0 aliphatic heterocycles. The van der Waals surface area contributed by atoms with E-state index in [4.69, 9.17) is 11.6 Å². The van der Waals surface area contributed by atoms with Crippen LogP contribution in [0.25, 0.3) is 0 Å². The zero-order valence-electron chi connectivity index (χ0n) is 7.23. The highest BCUT2D eigenvalue weighted by Crippen LogP contribution is 2.16. The second-order valence-electron chi connectivity index (χ2n) is 2.71. The second kappa shape index (κ2) is 4.42. The molecule has 0 unspecified atom stereocenters. The van der Waals surface area contributed by atoms with Gasteiger partial charge in [-0.2, -0.15) is 0 Å². The molecule has 1 nitrogen and oxygen atoms in total. The molecule has 0 N–H and O–H groups in total. The molecule has 0 bridgehead atoms. The molecule has 0 spiro atoms. The van der Waals surface area contributed by atoms with Crippen molar-refractivity contribution < 1.29 is 8.78 Å². The fraction of sp³-hybridized carbons (Fsp3) is 0.333. The molecule has 0 radical (unpaired) electrons. The number of anilines is 1. The van der Waals surface area contributed by atoms with Crippen LogP contribution in [-0.2, 0) is 0 Å². The molecule has 0 saturated heterocycles. The summed E-state index contributed by atoms with van der Waals surface area (Å²) in [5.41, 5.74) is 0.625. The molecule has 0 aromatic heterocycles. The van der Waals surface area contributed by atoms with Gasteiger partial charge in [0.1, 0.15) is 0 Å². The highest BCUT2D eigenvalue weighted by Gasteiger charge is 2.05. The van der Waals surface area contributed by atoms with Gasteiger partial charge in [-0.15, -0.1) is 11.6 Å². The summed E-state index contributed by atoms with van der Waals surface area (Å²) < 4.78 is 25.3. The number of hydrogen-bond acceptors (Lipinski definition) is 1. The SMILES string of the molecule is CN(CCCl)c1ccc(F)c(F)c1. The number of halogens is 3. The van der Waals surface area contributed by atoms with Crippen LogP contribution in [-0.4, -0.2) is 19.5 Å². The Labute approximate surface area is 80.9 Å². The van der Waals surface area contributed by atoms with E-state index < -0.39 is 11.6 Å². The van der Waals surface area contributed by atoms with Crippen molar-refractivity contribution >= 4 is 17.3 Å². The van der Waals surface area contributed by atoms with E-state index in [9.17, 15) is 8.78 Å². The number of rotatable bonds is 3. The Morgan fingerprint density at radius 1 is 1.31 bits per heavy atom. The molecule has 0 aliphatic rings. The first-order valence-corrected chi connectivity index (χ1v) is 4.40. The van der Waals surface area contributed by atoms with Crippen molar-refractivity contribution in [3.63, 3.8) is 0 Å². The predicted molar refractivity (Wildman–Crippen MR) is 50.3 cm³/mol. The maximum Gasteiger partial charge on any atom is 0.160 e. The Hall–Kier alpha value is -0.830. The minimum absolute atomic E-state index is 0.454. The zero-order valence-corrected chi connectivity index (χ0v) is 7.98. The number of nitrogens with zero attached hydrogens (tertiary/aromatic N) is 1. The lowest BCUT2D eigenvalue weighted by Crippen LogP contribution is -2.19. The Morgan fingerprint density at radius 3 is 2.54 bits per heavy atom. The monoisotopic (exact) mass is 205 g/mol. The molecule has 0 amide bonds. The minimum atomic E-state index is -0.834. The molecule has 4 heteroatoms. The van der Waals surface area contributed by atoms with Crippen molar-refractivity contribution in [1.82, 2.24) is 0 Å². The summed E-state index contributed by atoms with van der Waals surface area (Å²) in [7, 11) is 1.77. The highest BCUT2D eigenvalue weighted by atomic mass is 35.5. The summed E-state index contributed by atoms with van der Waals surface area (Å²) >= 11 is 5.51. The van der Waals surface area contributed by atoms with E-state index in [0.717, 1.165) is 12.1 Å². The van der Waals surface area contributed by atoms with Gasteiger partial charge in [0.25, 0.3) is 0 Å². The lowest BCUT2D eigenvalue weighted by atomic mass is 10.3. The van der Waals surface area contributed by atoms with E-state index >= 15 is 0 Å². The van der Waals surface area contributed by atoms with Crippen LogP contribution >= 0.6 is 11.6 Å². The molecule has 1 aromatic carbocycles. The minimum Gasteiger partial charge on any atom is -0.373 e. The molecule has 0 atom stereocenters. The van der Waals surface area contributed by atoms with Gasteiger partial charge in [0, 0.05) is 31.2 Å². The predicted octanol–water partition coefficient (Wildman–Crippen LogP) is 2.64. The fourth-order valence-electron chi connectivity index (χ4n) is 0.978. The maximum absolute atomic E-state index is 12.7. The van der Waals surface area contributed by atoms with Crippen molar-refractivity contribution in [2.24, 2.45) is 0 Å². The average molecular weight is 206 g/mol. The molecule has 0 aliphatic carbocycles. The molecule has 0 saturated carbocycles. The third kappa shape index (κ3) is 2.56. The summed E-state index contributed by atoms with van der Waals surface area (Å²) in [5, 5.41) is 0. The van der Waals surface area contributed by atoms with Crippen LogP contribution in [0.5, 0.6) is 0 Å².